The van der Waals surface area contributed by atoms with Crippen molar-refractivity contribution in [2.24, 2.45) is 0 Å². The van der Waals surface area contributed by atoms with E-state index in [2.05, 4.69) is 26.3 Å². The molecule has 0 unspecified atom stereocenters. The molecular formula is C28H35N4O3S+. The lowest BCUT2D eigenvalue weighted by molar-refractivity contribution is -0.391. The molecule has 0 saturated carbocycles. The van der Waals surface area contributed by atoms with Gasteiger partial charge >= 0.3 is 0 Å². The summed E-state index contributed by atoms with van der Waals surface area (Å²) < 4.78 is 5.39. The van der Waals surface area contributed by atoms with Crippen molar-refractivity contribution in [3.05, 3.63) is 59.0 Å². The monoisotopic (exact) mass is 507 g/mol. The van der Waals surface area contributed by atoms with Crippen LogP contribution in [-0.4, -0.2) is 28.8 Å². The molecule has 0 fully saturated rings. The van der Waals surface area contributed by atoms with Gasteiger partial charge in [-0.05, 0) is 55.0 Å². The zero-order chi connectivity index (χ0) is 25.5. The molecule has 4 rings (SSSR count). The Labute approximate surface area is 215 Å². The first-order chi connectivity index (χ1) is 17.5. The maximum atomic E-state index is 13.3. The van der Waals surface area contributed by atoms with Crippen molar-refractivity contribution in [3.8, 4) is 16.3 Å². The van der Waals surface area contributed by atoms with Crippen LogP contribution in [-0.2, 0) is 16.0 Å². The third-order valence-electron chi connectivity index (χ3n) is 6.62. The molecule has 8 heteroatoms. The van der Waals surface area contributed by atoms with Crippen LogP contribution in [0.25, 0.3) is 21.5 Å². The number of Topliss-reactive ketones (excluding diaryl/α,β-unsaturated/α-hetero) is 1. The first-order valence-corrected chi connectivity index (χ1v) is 13.5. The van der Waals surface area contributed by atoms with E-state index in [1.54, 1.807) is 18.4 Å². The van der Waals surface area contributed by atoms with Gasteiger partial charge in [0.05, 0.1) is 18.4 Å². The highest BCUT2D eigenvalue weighted by atomic mass is 32.1. The molecule has 3 aromatic heterocycles. The van der Waals surface area contributed by atoms with Crippen LogP contribution in [0.5, 0.6) is 5.75 Å². The number of imidazole rings is 1. The number of nitrogens with one attached hydrogen (secondary N) is 4. The molecule has 0 radical (unpaired) electrons. The Balaban J connectivity index is 1.47. The van der Waals surface area contributed by atoms with Gasteiger partial charge in [-0.2, -0.15) is 0 Å². The lowest BCUT2D eigenvalue weighted by Gasteiger charge is -2.14. The number of H-pyrrole nitrogens is 3. The molecule has 0 aliphatic carbocycles. The quantitative estimate of drug-likeness (QED) is 0.203. The Morgan fingerprint density at radius 1 is 1.17 bits per heavy atom. The summed E-state index contributed by atoms with van der Waals surface area (Å²) in [5, 5.41) is 6.30. The predicted octanol–water partition coefficient (Wildman–Crippen LogP) is 5.69. The molecule has 36 heavy (non-hydrogen) atoms. The molecular weight excluding hydrogens is 472 g/mol. The molecule has 4 aromatic rings. The van der Waals surface area contributed by atoms with E-state index in [-0.39, 0.29) is 18.4 Å². The number of fused-ring (bicyclic) bond motifs is 1. The zero-order valence-electron chi connectivity index (χ0n) is 21.2. The average molecular weight is 508 g/mol. The lowest BCUT2D eigenvalue weighted by atomic mass is 10.0. The van der Waals surface area contributed by atoms with Crippen molar-refractivity contribution < 1.29 is 19.3 Å². The average Bonchev–Trinajstić information content (AvgIpc) is 3.63. The fourth-order valence-electron chi connectivity index (χ4n) is 4.55. The van der Waals surface area contributed by atoms with E-state index in [0.717, 1.165) is 70.0 Å². The standard InChI is InChI=1S/C28H34N4O3S/c1-4-19(33)9-6-5-7-10-24(28-29-17-25(32-28)26-11-8-14-36-26)31-27(34)16-21-18(2)30-23-13-12-20(35-3)15-22(21)23/h8,11-15,17,24,30H,4-7,9-10,16H2,1-3H3,(H,29,32)(H,31,34)/p+1/t24-/m0/s1. The molecule has 0 spiro atoms. The van der Waals surface area contributed by atoms with Gasteiger partial charge in [-0.1, -0.05) is 25.8 Å². The molecule has 3 heterocycles. The maximum Gasteiger partial charge on any atom is 0.275 e. The van der Waals surface area contributed by atoms with Crippen LogP contribution in [0.4, 0.5) is 0 Å². The second-order valence-electron chi connectivity index (χ2n) is 9.15. The number of rotatable bonds is 13. The Kier molecular flexibility index (Phi) is 8.59. The van der Waals surface area contributed by atoms with Gasteiger partial charge in [0.25, 0.3) is 5.82 Å². The van der Waals surface area contributed by atoms with Crippen LogP contribution < -0.4 is 15.0 Å². The van der Waals surface area contributed by atoms with Crippen molar-refractivity contribution in [2.75, 3.05) is 7.11 Å². The van der Waals surface area contributed by atoms with Crippen LogP contribution in [0.1, 0.15) is 68.6 Å². The fourth-order valence-corrected chi connectivity index (χ4v) is 5.25. The molecule has 190 valence electrons. The minimum Gasteiger partial charge on any atom is -0.497 e. The Morgan fingerprint density at radius 3 is 2.78 bits per heavy atom. The van der Waals surface area contributed by atoms with E-state index < -0.39 is 0 Å². The third-order valence-corrected chi connectivity index (χ3v) is 7.52. The predicted molar refractivity (Wildman–Crippen MR) is 143 cm³/mol. The van der Waals surface area contributed by atoms with Crippen molar-refractivity contribution in [2.45, 2.75) is 64.8 Å². The molecule has 1 amide bonds. The molecule has 0 saturated heterocycles. The molecule has 1 aromatic carbocycles. The van der Waals surface area contributed by atoms with Gasteiger partial charge < -0.3 is 15.0 Å². The number of methoxy groups -OCH3 is 1. The van der Waals surface area contributed by atoms with Gasteiger partial charge in [0.1, 0.15) is 23.8 Å². The van der Waals surface area contributed by atoms with Gasteiger partial charge in [-0.15, -0.1) is 11.3 Å². The van der Waals surface area contributed by atoms with Crippen LogP contribution in [0.3, 0.4) is 0 Å². The second kappa shape index (κ2) is 12.0. The molecule has 7 nitrogen and oxygen atoms in total. The SMILES string of the molecule is CCC(=O)CCCCC[C@H](NC(=O)Cc1c(C)[nH]c2ccc(OC)cc12)c1[nH]c(-c2cccs2)c[nH+]1. The van der Waals surface area contributed by atoms with Gasteiger partial charge in [0.15, 0.2) is 5.69 Å². The number of hydrogen-bond acceptors (Lipinski definition) is 4. The van der Waals surface area contributed by atoms with Gasteiger partial charge in [-0.3, -0.25) is 9.59 Å². The Bertz CT molecular complexity index is 1310. The van der Waals surface area contributed by atoms with Gasteiger partial charge in [0, 0.05) is 29.4 Å². The molecule has 0 aliphatic heterocycles. The number of unbranched alkanes of at least 4 members (excludes halogenated alkanes) is 2. The van der Waals surface area contributed by atoms with Crippen molar-refractivity contribution in [3.63, 3.8) is 0 Å². The number of aryl methyl sites for hydroxylation is 1. The molecule has 1 atom stereocenters. The minimum atomic E-state index is -0.173. The number of aromatic nitrogens is 3. The second-order valence-corrected chi connectivity index (χ2v) is 10.1. The largest absolute Gasteiger partial charge is 0.497 e. The van der Waals surface area contributed by atoms with E-state index in [1.165, 1.54) is 0 Å². The number of ether oxygens (including phenoxy) is 1. The normalized spacial score (nSPS) is 12.1. The molecule has 0 bridgehead atoms. The van der Waals surface area contributed by atoms with Crippen molar-refractivity contribution in [1.29, 1.82) is 0 Å². The number of carbonyl (C=O) groups excluding carboxylic acids is 2. The van der Waals surface area contributed by atoms with E-state index in [1.807, 2.05) is 49.7 Å². The smallest absolute Gasteiger partial charge is 0.275 e. The number of benzene rings is 1. The van der Waals surface area contributed by atoms with E-state index >= 15 is 0 Å². The topological polar surface area (TPSA) is 101 Å². The number of carbonyl (C=O) groups is 2. The van der Waals surface area contributed by atoms with E-state index in [9.17, 15) is 9.59 Å². The first kappa shape index (κ1) is 25.7. The molecule has 4 N–H and O–H groups in total. The number of thiophene rings is 1. The summed E-state index contributed by atoms with van der Waals surface area (Å²) in [6, 6.07) is 9.79. The van der Waals surface area contributed by atoms with E-state index in [4.69, 9.17) is 4.74 Å². The fraction of sp³-hybridized carbons (Fsp3) is 0.393. The number of amides is 1. The van der Waals surface area contributed by atoms with Crippen LogP contribution in [0.15, 0.2) is 41.9 Å². The summed E-state index contributed by atoms with van der Waals surface area (Å²) in [6.45, 7) is 3.90. The van der Waals surface area contributed by atoms with Crippen LogP contribution in [0.2, 0.25) is 0 Å². The maximum absolute atomic E-state index is 13.3. The first-order valence-electron chi connectivity index (χ1n) is 12.6. The number of hydrogen-bond donors (Lipinski definition) is 3. The summed E-state index contributed by atoms with van der Waals surface area (Å²) in [5.74, 6) is 1.93. The van der Waals surface area contributed by atoms with Gasteiger partial charge in [0.2, 0.25) is 5.91 Å². The molecule has 0 aliphatic rings. The Hall–Kier alpha value is -3.39. The summed E-state index contributed by atoms with van der Waals surface area (Å²) in [4.78, 5) is 36.2. The summed E-state index contributed by atoms with van der Waals surface area (Å²) >= 11 is 1.67. The summed E-state index contributed by atoms with van der Waals surface area (Å²) in [6.07, 6.45) is 7.01. The summed E-state index contributed by atoms with van der Waals surface area (Å²) in [7, 11) is 1.65. The third kappa shape index (κ3) is 6.23. The minimum absolute atomic E-state index is 0.0337. The lowest BCUT2D eigenvalue weighted by Crippen LogP contribution is -2.33. The summed E-state index contributed by atoms with van der Waals surface area (Å²) in [5.41, 5.74) is 3.96. The van der Waals surface area contributed by atoms with Crippen LogP contribution in [0, 0.1) is 6.92 Å². The zero-order valence-corrected chi connectivity index (χ0v) is 22.0. The highest BCUT2D eigenvalue weighted by molar-refractivity contribution is 7.13. The van der Waals surface area contributed by atoms with Crippen molar-refractivity contribution in [1.82, 2.24) is 15.3 Å². The Morgan fingerprint density at radius 2 is 2.03 bits per heavy atom. The van der Waals surface area contributed by atoms with E-state index in [0.29, 0.717) is 18.6 Å². The van der Waals surface area contributed by atoms with Crippen LogP contribution >= 0.6 is 11.3 Å². The number of aromatic amines is 3. The highest BCUT2D eigenvalue weighted by Gasteiger charge is 2.24. The van der Waals surface area contributed by atoms with Gasteiger partial charge in [-0.25, -0.2) is 9.97 Å². The van der Waals surface area contributed by atoms with Crippen molar-refractivity contribution >= 4 is 33.9 Å². The highest BCUT2D eigenvalue weighted by Crippen LogP contribution is 2.28. The number of ketones is 1.